The van der Waals surface area contributed by atoms with E-state index in [2.05, 4.69) is 14.8 Å². The fourth-order valence-electron chi connectivity index (χ4n) is 4.49. The molecule has 0 amide bonds. The average molecular weight is 539 g/mol. The molecule has 12 heteroatoms. The average Bonchev–Trinajstić information content (AvgIpc) is 2.80. The van der Waals surface area contributed by atoms with E-state index in [9.17, 15) is 21.6 Å². The van der Waals surface area contributed by atoms with Gasteiger partial charge < -0.3 is 0 Å². The highest BCUT2D eigenvalue weighted by Crippen LogP contribution is 2.28. The highest BCUT2D eigenvalue weighted by atomic mass is 35.5. The molecule has 0 N–H and O–H groups in total. The maximum Gasteiger partial charge on any atom is 0.433 e. The number of pyridine rings is 1. The van der Waals surface area contributed by atoms with Crippen LogP contribution in [0.5, 0.6) is 0 Å². The number of benzene rings is 1. The number of aromatic nitrogens is 1. The van der Waals surface area contributed by atoms with Crippen LogP contribution in [-0.2, 0) is 22.7 Å². The first-order valence-electron chi connectivity index (χ1n) is 10.9. The number of hydrogen-bond acceptors (Lipinski definition) is 5. The number of piperidine rings is 1. The fourth-order valence-corrected chi connectivity index (χ4v) is 6.40. The third kappa shape index (κ3) is 6.22. The summed E-state index contributed by atoms with van der Waals surface area (Å²) in [5, 5.41) is 0.232. The van der Waals surface area contributed by atoms with Crippen LogP contribution in [0, 0.1) is 0 Å². The molecule has 4 rings (SSSR count). The van der Waals surface area contributed by atoms with Crippen molar-refractivity contribution >= 4 is 34.0 Å². The van der Waals surface area contributed by atoms with E-state index in [1.165, 1.54) is 22.6 Å². The lowest BCUT2D eigenvalue weighted by atomic mass is 10.0. The normalized spacial score (nSPS) is 19.6. The zero-order valence-electron chi connectivity index (χ0n) is 18.4. The Labute approximate surface area is 209 Å². The largest absolute Gasteiger partial charge is 0.433 e. The first kappa shape index (κ1) is 27.2. The van der Waals surface area contributed by atoms with Crippen LogP contribution in [-0.4, -0.2) is 72.8 Å². The monoisotopic (exact) mass is 538 g/mol. The summed E-state index contributed by atoms with van der Waals surface area (Å²) in [6, 6.07) is 9.38. The van der Waals surface area contributed by atoms with Gasteiger partial charge in [0.1, 0.15) is 10.6 Å². The lowest BCUT2D eigenvalue weighted by molar-refractivity contribution is -0.141. The molecule has 0 atom stereocenters. The van der Waals surface area contributed by atoms with Crippen molar-refractivity contribution in [3.63, 3.8) is 0 Å². The molecule has 1 aromatic heterocycles. The maximum atomic E-state index is 12.9. The Morgan fingerprint density at radius 2 is 1.62 bits per heavy atom. The molecule has 0 radical (unpaired) electrons. The quantitative estimate of drug-likeness (QED) is 0.572. The number of likely N-dealkylation sites (tertiary alicyclic amines) is 1. The van der Waals surface area contributed by atoms with Gasteiger partial charge in [0.2, 0.25) is 10.0 Å². The van der Waals surface area contributed by atoms with Crippen molar-refractivity contribution in [3.05, 3.63) is 58.9 Å². The van der Waals surface area contributed by atoms with Crippen LogP contribution in [0.25, 0.3) is 0 Å². The summed E-state index contributed by atoms with van der Waals surface area (Å²) in [6.07, 6.45) is -1.25. The molecule has 188 valence electrons. The topological polar surface area (TPSA) is 56.8 Å². The van der Waals surface area contributed by atoms with Crippen LogP contribution in [0.4, 0.5) is 13.2 Å². The van der Waals surface area contributed by atoms with Crippen molar-refractivity contribution in [2.24, 2.45) is 0 Å². The molecule has 2 aliphatic heterocycles. The van der Waals surface area contributed by atoms with E-state index in [0.717, 1.165) is 37.6 Å². The predicted molar refractivity (Wildman–Crippen MR) is 127 cm³/mol. The van der Waals surface area contributed by atoms with Gasteiger partial charge in [0.25, 0.3) is 0 Å². The van der Waals surface area contributed by atoms with Gasteiger partial charge in [0.05, 0.1) is 5.02 Å². The van der Waals surface area contributed by atoms with E-state index >= 15 is 0 Å². The van der Waals surface area contributed by atoms with E-state index in [-0.39, 0.29) is 22.3 Å². The van der Waals surface area contributed by atoms with E-state index < -0.39 is 21.9 Å². The van der Waals surface area contributed by atoms with Gasteiger partial charge in [0, 0.05) is 45.0 Å². The van der Waals surface area contributed by atoms with Crippen molar-refractivity contribution in [1.82, 2.24) is 19.1 Å². The zero-order valence-corrected chi connectivity index (χ0v) is 20.8. The minimum absolute atomic E-state index is 0. The molecule has 0 aliphatic carbocycles. The van der Waals surface area contributed by atoms with Crippen molar-refractivity contribution < 1.29 is 21.6 Å². The molecule has 0 saturated carbocycles. The van der Waals surface area contributed by atoms with Crippen LogP contribution in [0.3, 0.4) is 0 Å². The number of alkyl halides is 3. The van der Waals surface area contributed by atoms with Gasteiger partial charge >= 0.3 is 6.18 Å². The molecule has 0 unspecified atom stereocenters. The second kappa shape index (κ2) is 11.1. The van der Waals surface area contributed by atoms with E-state index in [4.69, 9.17) is 11.6 Å². The number of halogens is 5. The van der Waals surface area contributed by atoms with Gasteiger partial charge in [0.15, 0.2) is 0 Å². The van der Waals surface area contributed by atoms with Crippen molar-refractivity contribution in [1.29, 1.82) is 0 Å². The number of piperazine rings is 1. The third-order valence-corrected chi connectivity index (χ3v) is 8.72. The molecular weight excluding hydrogens is 512 g/mol. The second-order valence-electron chi connectivity index (χ2n) is 8.43. The molecule has 1 aromatic carbocycles. The summed E-state index contributed by atoms with van der Waals surface area (Å²) in [4.78, 5) is 8.24. The Kier molecular flexibility index (Phi) is 8.86. The van der Waals surface area contributed by atoms with Crippen molar-refractivity contribution in [2.75, 3.05) is 39.3 Å². The number of sulfonamides is 1. The van der Waals surface area contributed by atoms with Crippen molar-refractivity contribution in [3.8, 4) is 0 Å². The van der Waals surface area contributed by atoms with Crippen LogP contribution in [0.1, 0.15) is 24.1 Å². The Bertz CT molecular complexity index is 1050. The van der Waals surface area contributed by atoms with Crippen LogP contribution < -0.4 is 0 Å². The number of nitrogens with zero attached hydrogens (tertiary/aromatic N) is 4. The molecule has 0 bridgehead atoms. The molecule has 2 fully saturated rings. The summed E-state index contributed by atoms with van der Waals surface area (Å²) in [5.74, 6) is 0. The minimum Gasteiger partial charge on any atom is -0.299 e. The summed E-state index contributed by atoms with van der Waals surface area (Å²) in [6.45, 7) is 4.42. The molecule has 2 saturated heterocycles. The van der Waals surface area contributed by atoms with Gasteiger partial charge in [-0.05, 0) is 49.7 Å². The third-order valence-electron chi connectivity index (χ3n) is 6.32. The highest BCUT2D eigenvalue weighted by Gasteiger charge is 2.34. The lowest BCUT2D eigenvalue weighted by Gasteiger charge is -2.42. The van der Waals surface area contributed by atoms with Crippen LogP contribution in [0.2, 0.25) is 5.02 Å². The summed E-state index contributed by atoms with van der Waals surface area (Å²) < 4.78 is 65.4. The van der Waals surface area contributed by atoms with E-state index in [0.29, 0.717) is 38.8 Å². The van der Waals surface area contributed by atoms with Gasteiger partial charge in [-0.2, -0.15) is 17.5 Å². The standard InChI is InChI=1S/C22H26ClF3N4O2S.ClH/c23-19-3-1-2-4-20(19)33(31,32)30-13-11-29(12-14-30)18-7-9-28(10-8-18)16-17-5-6-21(27-15-17)22(24,25)26;/h1-6,15,18H,7-14,16H2;1H. The van der Waals surface area contributed by atoms with Crippen molar-refractivity contribution in [2.45, 2.75) is 36.5 Å². The molecular formula is C22H27Cl2F3N4O2S. The highest BCUT2D eigenvalue weighted by molar-refractivity contribution is 7.89. The number of hydrogen-bond donors (Lipinski definition) is 0. The molecule has 2 aromatic rings. The van der Waals surface area contributed by atoms with Crippen LogP contribution in [0.15, 0.2) is 47.5 Å². The molecule has 2 aliphatic rings. The first-order chi connectivity index (χ1) is 15.6. The maximum absolute atomic E-state index is 12.9. The fraction of sp³-hybridized carbons (Fsp3) is 0.500. The predicted octanol–water partition coefficient (Wildman–Crippen LogP) is 4.15. The smallest absolute Gasteiger partial charge is 0.299 e. The van der Waals surface area contributed by atoms with Gasteiger partial charge in [-0.25, -0.2) is 8.42 Å². The Hall–Kier alpha value is -1.43. The Morgan fingerprint density at radius 1 is 0.971 bits per heavy atom. The van der Waals surface area contributed by atoms with Gasteiger partial charge in [-0.1, -0.05) is 29.8 Å². The summed E-state index contributed by atoms with van der Waals surface area (Å²) in [7, 11) is -3.61. The van der Waals surface area contributed by atoms with E-state index in [1.807, 2.05) is 0 Å². The second-order valence-corrected chi connectivity index (χ2v) is 10.7. The molecule has 3 heterocycles. The van der Waals surface area contributed by atoms with Gasteiger partial charge in [-0.3, -0.25) is 14.8 Å². The zero-order chi connectivity index (χ0) is 23.6. The Morgan fingerprint density at radius 3 is 2.18 bits per heavy atom. The summed E-state index contributed by atoms with van der Waals surface area (Å²) in [5.41, 5.74) is -0.111. The van der Waals surface area contributed by atoms with Gasteiger partial charge in [-0.15, -0.1) is 12.4 Å². The summed E-state index contributed by atoms with van der Waals surface area (Å²) >= 11 is 6.10. The molecule has 34 heavy (non-hydrogen) atoms. The molecule has 6 nitrogen and oxygen atoms in total. The molecule has 0 spiro atoms. The lowest BCUT2D eigenvalue weighted by Crippen LogP contribution is -2.54. The number of rotatable bonds is 5. The Balaban J connectivity index is 0.00000324. The van der Waals surface area contributed by atoms with E-state index in [1.54, 1.807) is 18.2 Å². The van der Waals surface area contributed by atoms with Crippen LogP contribution >= 0.6 is 24.0 Å². The SMILES string of the molecule is Cl.O=S(=O)(c1ccccc1Cl)N1CCN(C2CCN(Cc3ccc(C(F)(F)F)nc3)CC2)CC1. The minimum atomic E-state index is -4.42. The first-order valence-corrected chi connectivity index (χ1v) is 12.7.